The molecule has 2 heteroatoms. The first-order valence-electron chi connectivity index (χ1n) is 18.4. The van der Waals surface area contributed by atoms with Crippen LogP contribution in [0.1, 0.15) is 25.0 Å². The van der Waals surface area contributed by atoms with Crippen LogP contribution in [0.5, 0.6) is 0 Å². The van der Waals surface area contributed by atoms with E-state index >= 15 is 0 Å². The van der Waals surface area contributed by atoms with Gasteiger partial charge in [0.1, 0.15) is 22.3 Å². The van der Waals surface area contributed by atoms with Crippen molar-refractivity contribution in [1.29, 1.82) is 0 Å². The quantitative estimate of drug-likeness (QED) is 0.170. The standard InChI is InChI=1S/C51H32O2/c1-51(2)41-25-26-44-49(40-24-19-29-11-3-4-12-32(29)50(40)53-44)48(41)39-23-21-30(27-42(39)51)46-35-14-5-7-16-37(35)47(38-17-8-6-15-36(38)46)31-20-22-34-33-13-9-10-18-43(33)52-45(34)28-31/h3-28H,1-2H3. The van der Waals surface area contributed by atoms with Gasteiger partial charge in [0.25, 0.3) is 0 Å². The van der Waals surface area contributed by atoms with Gasteiger partial charge in [0.2, 0.25) is 0 Å². The van der Waals surface area contributed by atoms with E-state index in [1.165, 1.54) is 76.6 Å². The molecular weight excluding hydrogens is 645 g/mol. The van der Waals surface area contributed by atoms with Crippen molar-refractivity contribution in [2.24, 2.45) is 0 Å². The van der Waals surface area contributed by atoms with Gasteiger partial charge in [-0.1, -0.05) is 135 Å². The Morgan fingerprint density at radius 2 is 0.962 bits per heavy atom. The van der Waals surface area contributed by atoms with Gasteiger partial charge >= 0.3 is 0 Å². The third-order valence-corrected chi connectivity index (χ3v) is 12.1. The van der Waals surface area contributed by atoms with E-state index in [1.54, 1.807) is 0 Å². The van der Waals surface area contributed by atoms with Crippen LogP contribution in [0.25, 0.3) is 110 Å². The minimum absolute atomic E-state index is 0.192. The Kier molecular flexibility index (Phi) is 5.60. The van der Waals surface area contributed by atoms with E-state index in [-0.39, 0.29) is 5.41 Å². The number of furan rings is 2. The Morgan fingerprint density at radius 1 is 0.377 bits per heavy atom. The molecule has 1 aliphatic carbocycles. The molecule has 0 N–H and O–H groups in total. The van der Waals surface area contributed by atoms with Gasteiger partial charge in [0.05, 0.1) is 0 Å². The lowest BCUT2D eigenvalue weighted by molar-refractivity contribution is 0.657. The highest BCUT2D eigenvalue weighted by molar-refractivity contribution is 6.23. The first-order chi connectivity index (χ1) is 26.0. The van der Waals surface area contributed by atoms with E-state index in [1.807, 2.05) is 12.1 Å². The SMILES string of the molecule is CC1(C)c2cc(-c3c4ccccc4c(-c4ccc5c(c4)oc4ccccc45)c4ccccc34)ccc2-c2c1ccc1oc3c4ccccc4ccc3c21. The van der Waals surface area contributed by atoms with Crippen molar-refractivity contribution in [2.45, 2.75) is 19.3 Å². The van der Waals surface area contributed by atoms with Gasteiger partial charge in [-0.25, -0.2) is 0 Å². The minimum atomic E-state index is -0.192. The lowest BCUT2D eigenvalue weighted by Crippen LogP contribution is -2.15. The number of para-hydroxylation sites is 1. The summed E-state index contributed by atoms with van der Waals surface area (Å²) in [5, 5.41) is 12.0. The van der Waals surface area contributed by atoms with Crippen LogP contribution in [0.4, 0.5) is 0 Å². The Bertz CT molecular complexity index is 3310. The molecule has 9 aromatic carbocycles. The van der Waals surface area contributed by atoms with Crippen molar-refractivity contribution in [3.63, 3.8) is 0 Å². The molecule has 2 aromatic heterocycles. The lowest BCUT2D eigenvalue weighted by atomic mass is 9.80. The maximum Gasteiger partial charge on any atom is 0.143 e. The van der Waals surface area contributed by atoms with Crippen molar-refractivity contribution < 1.29 is 8.83 Å². The van der Waals surface area contributed by atoms with Gasteiger partial charge in [-0.15, -0.1) is 0 Å². The molecule has 0 fully saturated rings. The predicted octanol–water partition coefficient (Wildman–Crippen LogP) is 14.6. The van der Waals surface area contributed by atoms with Gasteiger partial charge < -0.3 is 8.83 Å². The molecule has 0 atom stereocenters. The normalized spacial score (nSPS) is 13.6. The topological polar surface area (TPSA) is 26.3 Å². The zero-order chi connectivity index (χ0) is 35.0. The fourth-order valence-corrected chi connectivity index (χ4v) is 9.61. The summed E-state index contributed by atoms with van der Waals surface area (Å²) in [4.78, 5) is 0. The maximum atomic E-state index is 6.64. The highest BCUT2D eigenvalue weighted by Crippen LogP contribution is 2.55. The van der Waals surface area contributed by atoms with Crippen molar-refractivity contribution in [3.05, 3.63) is 169 Å². The van der Waals surface area contributed by atoms with Crippen LogP contribution in [-0.2, 0) is 5.41 Å². The van der Waals surface area contributed by atoms with E-state index in [9.17, 15) is 0 Å². The van der Waals surface area contributed by atoms with E-state index in [0.29, 0.717) is 0 Å². The van der Waals surface area contributed by atoms with Crippen molar-refractivity contribution in [2.75, 3.05) is 0 Å². The van der Waals surface area contributed by atoms with Crippen LogP contribution < -0.4 is 0 Å². The summed E-state index contributed by atoms with van der Waals surface area (Å²) in [6.07, 6.45) is 0. The monoisotopic (exact) mass is 676 g/mol. The van der Waals surface area contributed by atoms with Gasteiger partial charge in [0, 0.05) is 32.3 Å². The summed E-state index contributed by atoms with van der Waals surface area (Å²) in [6, 6.07) is 57.4. The molecule has 11 aromatic rings. The van der Waals surface area contributed by atoms with Gasteiger partial charge in [-0.2, -0.15) is 0 Å². The third kappa shape index (κ3) is 3.82. The van der Waals surface area contributed by atoms with Crippen molar-refractivity contribution >= 4 is 76.2 Å². The first kappa shape index (κ1) is 29.0. The van der Waals surface area contributed by atoms with Crippen LogP contribution in [0.15, 0.2) is 167 Å². The van der Waals surface area contributed by atoms with Crippen LogP contribution in [0.2, 0.25) is 0 Å². The highest BCUT2D eigenvalue weighted by atomic mass is 16.3. The van der Waals surface area contributed by atoms with Gasteiger partial charge in [-0.05, 0) is 108 Å². The minimum Gasteiger partial charge on any atom is -0.456 e. The zero-order valence-electron chi connectivity index (χ0n) is 29.3. The summed E-state index contributed by atoms with van der Waals surface area (Å²) in [7, 11) is 0. The average Bonchev–Trinajstić information content (AvgIpc) is 3.84. The summed E-state index contributed by atoms with van der Waals surface area (Å²) < 4.78 is 13.0. The van der Waals surface area contributed by atoms with Crippen LogP contribution in [0.3, 0.4) is 0 Å². The number of rotatable bonds is 2. The molecule has 0 saturated heterocycles. The van der Waals surface area contributed by atoms with Crippen molar-refractivity contribution in [3.8, 4) is 33.4 Å². The number of benzene rings is 9. The van der Waals surface area contributed by atoms with Crippen LogP contribution >= 0.6 is 0 Å². The molecule has 0 radical (unpaired) electrons. The molecule has 0 spiro atoms. The van der Waals surface area contributed by atoms with Crippen LogP contribution in [-0.4, -0.2) is 0 Å². The summed E-state index contributed by atoms with van der Waals surface area (Å²) in [6.45, 7) is 4.75. The average molecular weight is 677 g/mol. The predicted molar refractivity (Wildman–Crippen MR) is 222 cm³/mol. The van der Waals surface area contributed by atoms with Crippen molar-refractivity contribution in [1.82, 2.24) is 0 Å². The molecule has 2 heterocycles. The Balaban J connectivity index is 1.10. The largest absolute Gasteiger partial charge is 0.456 e. The molecule has 0 amide bonds. The summed E-state index contributed by atoms with van der Waals surface area (Å²) in [5.41, 5.74) is 13.7. The van der Waals surface area contributed by atoms with Crippen LogP contribution in [0, 0.1) is 0 Å². The molecule has 0 saturated carbocycles. The molecule has 0 bridgehead atoms. The summed E-state index contributed by atoms with van der Waals surface area (Å²) in [5.74, 6) is 0. The number of fused-ring (bicyclic) bond motifs is 14. The third-order valence-electron chi connectivity index (χ3n) is 12.1. The lowest BCUT2D eigenvalue weighted by Gasteiger charge is -2.23. The van der Waals surface area contributed by atoms with E-state index in [2.05, 4.69) is 159 Å². The molecule has 1 aliphatic rings. The number of hydrogen-bond donors (Lipinski definition) is 0. The van der Waals surface area contributed by atoms with Gasteiger partial charge in [0.15, 0.2) is 0 Å². The van der Waals surface area contributed by atoms with E-state index < -0.39 is 0 Å². The highest BCUT2D eigenvalue weighted by Gasteiger charge is 2.38. The molecule has 248 valence electrons. The molecular formula is C51H32O2. The second kappa shape index (κ2) is 10.2. The molecule has 2 nitrogen and oxygen atoms in total. The first-order valence-corrected chi connectivity index (χ1v) is 18.4. The molecule has 53 heavy (non-hydrogen) atoms. The Morgan fingerprint density at radius 3 is 1.70 bits per heavy atom. The Labute approximate surface area is 305 Å². The molecule has 0 aliphatic heterocycles. The second-order valence-corrected chi connectivity index (χ2v) is 15.2. The zero-order valence-corrected chi connectivity index (χ0v) is 29.3. The fraction of sp³-hybridized carbons (Fsp3) is 0.0588. The summed E-state index contributed by atoms with van der Waals surface area (Å²) >= 11 is 0. The Hall–Kier alpha value is -6.64. The van der Waals surface area contributed by atoms with E-state index in [4.69, 9.17) is 8.83 Å². The molecule has 12 rings (SSSR count). The van der Waals surface area contributed by atoms with Gasteiger partial charge in [-0.3, -0.25) is 0 Å². The number of hydrogen-bond acceptors (Lipinski definition) is 2. The second-order valence-electron chi connectivity index (χ2n) is 15.2. The molecule has 0 unspecified atom stereocenters. The fourth-order valence-electron chi connectivity index (χ4n) is 9.61. The maximum absolute atomic E-state index is 6.64. The smallest absolute Gasteiger partial charge is 0.143 e. The van der Waals surface area contributed by atoms with E-state index in [0.717, 1.165) is 44.1 Å².